The van der Waals surface area contributed by atoms with Crippen molar-refractivity contribution in [1.82, 2.24) is 14.8 Å². The van der Waals surface area contributed by atoms with Crippen LogP contribution in [-0.4, -0.2) is 14.8 Å². The van der Waals surface area contributed by atoms with Crippen LogP contribution < -0.4 is 5.69 Å². The number of hydrogen-bond acceptors (Lipinski definition) is 2. The summed E-state index contributed by atoms with van der Waals surface area (Å²) in [7, 11) is 0. The van der Waals surface area contributed by atoms with Crippen molar-refractivity contribution in [3.05, 3.63) is 38.7 Å². The Hall–Kier alpha value is -1.26. The van der Waals surface area contributed by atoms with Gasteiger partial charge in [0.2, 0.25) is 0 Å². The maximum atomic E-state index is 11.4. The van der Waals surface area contributed by atoms with E-state index in [1.165, 1.54) is 4.57 Å². The van der Waals surface area contributed by atoms with Gasteiger partial charge in [-0.3, -0.25) is 4.57 Å². The Morgan fingerprint density at radius 1 is 1.44 bits per heavy atom. The Kier molecular flexibility index (Phi) is 3.03. The molecule has 4 nitrogen and oxygen atoms in total. The summed E-state index contributed by atoms with van der Waals surface area (Å²) < 4.78 is 1.50. The van der Waals surface area contributed by atoms with Gasteiger partial charge in [0.1, 0.15) is 0 Å². The quantitative estimate of drug-likeness (QED) is 0.899. The fourth-order valence-electron chi connectivity index (χ4n) is 1.49. The van der Waals surface area contributed by atoms with Crippen LogP contribution in [0.3, 0.4) is 0 Å². The fourth-order valence-corrected chi connectivity index (χ4v) is 1.86. The van der Waals surface area contributed by atoms with E-state index < -0.39 is 0 Å². The second-order valence-corrected chi connectivity index (χ2v) is 4.06. The van der Waals surface area contributed by atoms with Crippen molar-refractivity contribution in [2.24, 2.45) is 0 Å². The molecule has 0 aliphatic heterocycles. The molecule has 1 aromatic carbocycles. The lowest BCUT2D eigenvalue weighted by molar-refractivity contribution is 0.736. The molecule has 0 aliphatic rings. The number of benzene rings is 1. The third kappa shape index (κ3) is 1.86. The Morgan fingerprint density at radius 2 is 2.19 bits per heavy atom. The molecule has 1 aromatic heterocycles. The smallest absolute Gasteiger partial charge is 0.275 e. The maximum absolute atomic E-state index is 11.4. The van der Waals surface area contributed by atoms with Crippen LogP contribution in [0.25, 0.3) is 11.4 Å². The number of aromatic nitrogens is 3. The molecule has 0 atom stereocenters. The van der Waals surface area contributed by atoms with Crippen LogP contribution in [0.2, 0.25) is 10.0 Å². The van der Waals surface area contributed by atoms with Crippen LogP contribution >= 0.6 is 23.2 Å². The van der Waals surface area contributed by atoms with Gasteiger partial charge in [-0.25, -0.2) is 9.89 Å². The van der Waals surface area contributed by atoms with E-state index in [9.17, 15) is 4.79 Å². The van der Waals surface area contributed by atoms with Crippen LogP contribution in [-0.2, 0) is 6.54 Å². The second kappa shape index (κ2) is 4.31. The summed E-state index contributed by atoms with van der Waals surface area (Å²) >= 11 is 11.9. The molecule has 1 N–H and O–H groups in total. The average Bonchev–Trinajstić information content (AvgIpc) is 2.63. The lowest BCUT2D eigenvalue weighted by Crippen LogP contribution is -2.16. The van der Waals surface area contributed by atoms with Crippen LogP contribution in [0, 0.1) is 0 Å². The Labute approximate surface area is 102 Å². The minimum absolute atomic E-state index is 0.256. The van der Waals surface area contributed by atoms with Crippen molar-refractivity contribution < 1.29 is 0 Å². The van der Waals surface area contributed by atoms with E-state index in [0.29, 0.717) is 28.0 Å². The average molecular weight is 258 g/mol. The fraction of sp³-hybridized carbons (Fsp3) is 0.200. The monoisotopic (exact) mass is 257 g/mol. The van der Waals surface area contributed by atoms with Gasteiger partial charge >= 0.3 is 5.69 Å². The summed E-state index contributed by atoms with van der Waals surface area (Å²) in [5.41, 5.74) is 0.392. The Bertz CT molecular complexity index is 574. The van der Waals surface area contributed by atoms with Gasteiger partial charge in [0.15, 0.2) is 5.82 Å². The number of hydrogen-bond donors (Lipinski definition) is 1. The van der Waals surface area contributed by atoms with E-state index in [1.54, 1.807) is 18.2 Å². The largest absolute Gasteiger partial charge is 0.343 e. The standard InChI is InChI=1S/C10H9Cl2N3O/c1-2-15-9(13-14-10(15)16)7-5-6(11)3-4-8(7)12/h3-5H,2H2,1H3,(H,14,16). The summed E-state index contributed by atoms with van der Waals surface area (Å²) in [4.78, 5) is 11.4. The van der Waals surface area contributed by atoms with Gasteiger partial charge in [-0.1, -0.05) is 23.2 Å². The van der Waals surface area contributed by atoms with E-state index in [1.807, 2.05) is 6.92 Å². The normalized spacial score (nSPS) is 10.7. The minimum atomic E-state index is -0.256. The molecule has 2 aromatic rings. The SMILES string of the molecule is CCn1c(-c2cc(Cl)ccc2Cl)n[nH]c1=O. The number of nitrogens with one attached hydrogen (secondary N) is 1. The van der Waals surface area contributed by atoms with Crippen LogP contribution in [0.4, 0.5) is 0 Å². The van der Waals surface area contributed by atoms with Crippen molar-refractivity contribution in [1.29, 1.82) is 0 Å². The third-order valence-corrected chi connectivity index (χ3v) is 2.81. The first kappa shape index (κ1) is 11.2. The van der Waals surface area contributed by atoms with E-state index in [2.05, 4.69) is 10.2 Å². The van der Waals surface area contributed by atoms with Gasteiger partial charge in [-0.2, -0.15) is 5.10 Å². The zero-order valence-corrected chi connectivity index (χ0v) is 10.0. The zero-order chi connectivity index (χ0) is 11.7. The summed E-state index contributed by atoms with van der Waals surface area (Å²) in [6.45, 7) is 2.38. The molecule has 0 aliphatic carbocycles. The first-order valence-corrected chi connectivity index (χ1v) is 5.49. The molecule has 84 valence electrons. The Morgan fingerprint density at radius 3 is 2.88 bits per heavy atom. The van der Waals surface area contributed by atoms with Gasteiger partial charge in [-0.15, -0.1) is 0 Å². The lowest BCUT2D eigenvalue weighted by Gasteiger charge is -2.04. The van der Waals surface area contributed by atoms with Gasteiger partial charge in [-0.05, 0) is 25.1 Å². The minimum Gasteiger partial charge on any atom is -0.275 e. The van der Waals surface area contributed by atoms with E-state index in [-0.39, 0.29) is 5.69 Å². The van der Waals surface area contributed by atoms with E-state index in [0.717, 1.165) is 0 Å². The lowest BCUT2D eigenvalue weighted by atomic mass is 10.2. The summed E-state index contributed by atoms with van der Waals surface area (Å²) in [5, 5.41) is 7.40. The van der Waals surface area contributed by atoms with Crippen molar-refractivity contribution >= 4 is 23.2 Å². The maximum Gasteiger partial charge on any atom is 0.343 e. The molecule has 0 fully saturated rings. The van der Waals surface area contributed by atoms with Crippen LogP contribution in [0.5, 0.6) is 0 Å². The topological polar surface area (TPSA) is 50.7 Å². The van der Waals surface area contributed by atoms with Crippen molar-refractivity contribution in [2.75, 3.05) is 0 Å². The highest BCUT2D eigenvalue weighted by atomic mass is 35.5. The second-order valence-electron chi connectivity index (χ2n) is 3.22. The van der Waals surface area contributed by atoms with E-state index in [4.69, 9.17) is 23.2 Å². The predicted octanol–water partition coefficient (Wildman–Crippen LogP) is 2.57. The molecule has 16 heavy (non-hydrogen) atoms. The number of nitrogens with zero attached hydrogens (tertiary/aromatic N) is 2. The van der Waals surface area contributed by atoms with Gasteiger partial charge in [0.05, 0.1) is 5.02 Å². The molecule has 2 rings (SSSR count). The molecule has 1 heterocycles. The van der Waals surface area contributed by atoms with Crippen molar-refractivity contribution in [2.45, 2.75) is 13.5 Å². The molecule has 0 saturated carbocycles. The van der Waals surface area contributed by atoms with E-state index >= 15 is 0 Å². The van der Waals surface area contributed by atoms with Gasteiger partial charge in [0, 0.05) is 17.1 Å². The molecule has 0 spiro atoms. The first-order valence-electron chi connectivity index (χ1n) is 4.74. The number of rotatable bonds is 2. The molecule has 0 amide bonds. The molecular formula is C10H9Cl2N3O. The van der Waals surface area contributed by atoms with Crippen LogP contribution in [0.1, 0.15) is 6.92 Å². The summed E-state index contributed by atoms with van der Waals surface area (Å²) in [6, 6.07) is 5.05. The summed E-state index contributed by atoms with van der Waals surface area (Å²) in [6.07, 6.45) is 0. The zero-order valence-electron chi connectivity index (χ0n) is 8.50. The van der Waals surface area contributed by atoms with Crippen molar-refractivity contribution in [3.8, 4) is 11.4 Å². The third-order valence-electron chi connectivity index (χ3n) is 2.24. The number of halogens is 2. The molecule has 0 bridgehead atoms. The number of aromatic amines is 1. The molecule has 0 saturated heterocycles. The molecule has 0 unspecified atom stereocenters. The predicted molar refractivity (Wildman–Crippen MR) is 64.0 cm³/mol. The Balaban J connectivity index is 2.67. The number of H-pyrrole nitrogens is 1. The molecular weight excluding hydrogens is 249 g/mol. The van der Waals surface area contributed by atoms with Crippen LogP contribution in [0.15, 0.2) is 23.0 Å². The van der Waals surface area contributed by atoms with Crippen molar-refractivity contribution in [3.63, 3.8) is 0 Å². The highest BCUT2D eigenvalue weighted by molar-refractivity contribution is 6.35. The highest BCUT2D eigenvalue weighted by Crippen LogP contribution is 2.28. The summed E-state index contributed by atoms with van der Waals surface area (Å²) in [5.74, 6) is 0.500. The first-order chi connectivity index (χ1) is 7.63. The molecule has 6 heteroatoms. The van der Waals surface area contributed by atoms with Gasteiger partial charge < -0.3 is 0 Å². The molecule has 0 radical (unpaired) electrons. The highest BCUT2D eigenvalue weighted by Gasteiger charge is 2.12. The van der Waals surface area contributed by atoms with Gasteiger partial charge in [0.25, 0.3) is 0 Å².